The lowest BCUT2D eigenvalue weighted by Gasteiger charge is -2.26. The van der Waals surface area contributed by atoms with Crippen LogP contribution >= 0.6 is 0 Å². The van der Waals surface area contributed by atoms with Gasteiger partial charge in [-0.2, -0.15) is 0 Å². The number of carbonyl (C=O) groups is 1. The molecule has 2 aromatic rings. The van der Waals surface area contributed by atoms with Gasteiger partial charge in [0.2, 0.25) is 5.91 Å². The average Bonchev–Trinajstić information content (AvgIpc) is 3.21. The molecule has 0 unspecified atom stereocenters. The Morgan fingerprint density at radius 3 is 2.40 bits per heavy atom. The first-order valence-corrected chi connectivity index (χ1v) is 8.55. The second kappa shape index (κ2) is 7.92. The van der Waals surface area contributed by atoms with Crippen molar-refractivity contribution in [3.63, 3.8) is 0 Å². The van der Waals surface area contributed by atoms with Gasteiger partial charge in [0.05, 0.1) is 19.9 Å². The van der Waals surface area contributed by atoms with E-state index in [-0.39, 0.29) is 5.91 Å². The molecule has 25 heavy (non-hydrogen) atoms. The molecule has 0 spiro atoms. The molecule has 1 saturated heterocycles. The molecule has 5 heteroatoms. The van der Waals surface area contributed by atoms with Gasteiger partial charge in [0.25, 0.3) is 0 Å². The molecule has 2 aromatic carbocycles. The van der Waals surface area contributed by atoms with Gasteiger partial charge in [0.15, 0.2) is 0 Å². The maximum absolute atomic E-state index is 13.1. The third kappa shape index (κ3) is 3.87. The fraction of sp³-hybridized carbons (Fsp3) is 0.350. The Balaban J connectivity index is 1.91. The minimum Gasteiger partial charge on any atom is -0.497 e. The number of amides is 1. The Morgan fingerprint density at radius 2 is 1.76 bits per heavy atom. The lowest BCUT2D eigenvalue weighted by molar-refractivity contribution is -0.131. The van der Waals surface area contributed by atoms with Gasteiger partial charge in [-0.05, 0) is 30.5 Å². The van der Waals surface area contributed by atoms with E-state index in [9.17, 15) is 4.79 Å². The Morgan fingerprint density at radius 1 is 1.04 bits per heavy atom. The predicted molar refractivity (Wildman–Crippen MR) is 98.2 cm³/mol. The second-order valence-electron chi connectivity index (χ2n) is 6.09. The van der Waals surface area contributed by atoms with Crippen molar-refractivity contribution in [2.75, 3.05) is 32.6 Å². The normalized spacial score (nSPS) is 14.9. The number of carbonyl (C=O) groups excluding carboxylic acids is 1. The van der Waals surface area contributed by atoms with Gasteiger partial charge in [-0.25, -0.2) is 0 Å². The molecule has 1 amide bonds. The molecular weight excluding hydrogens is 316 g/mol. The largest absolute Gasteiger partial charge is 0.497 e. The molecule has 0 aliphatic carbocycles. The van der Waals surface area contributed by atoms with Gasteiger partial charge in [-0.3, -0.25) is 4.79 Å². The Labute approximate surface area is 148 Å². The van der Waals surface area contributed by atoms with Crippen LogP contribution in [0.1, 0.15) is 24.4 Å². The van der Waals surface area contributed by atoms with E-state index in [1.807, 2.05) is 53.4 Å². The van der Waals surface area contributed by atoms with Crippen molar-refractivity contribution < 1.29 is 14.3 Å². The van der Waals surface area contributed by atoms with E-state index in [1.165, 1.54) is 0 Å². The summed E-state index contributed by atoms with van der Waals surface area (Å²) in [5.41, 5.74) is 1.71. The van der Waals surface area contributed by atoms with E-state index in [0.717, 1.165) is 37.2 Å². The first kappa shape index (κ1) is 17.1. The van der Waals surface area contributed by atoms with E-state index in [4.69, 9.17) is 9.47 Å². The zero-order chi connectivity index (χ0) is 17.6. The predicted octanol–water partition coefficient (Wildman–Crippen LogP) is 3.48. The summed E-state index contributed by atoms with van der Waals surface area (Å²) < 4.78 is 10.7. The summed E-state index contributed by atoms with van der Waals surface area (Å²) in [7, 11) is 3.23. The summed E-state index contributed by atoms with van der Waals surface area (Å²) in [6, 6.07) is 14.9. The minimum atomic E-state index is -0.443. The zero-order valence-electron chi connectivity index (χ0n) is 14.7. The maximum Gasteiger partial charge on any atom is 0.249 e. The van der Waals surface area contributed by atoms with Crippen LogP contribution in [0, 0.1) is 0 Å². The van der Waals surface area contributed by atoms with Crippen LogP contribution in [0.25, 0.3) is 0 Å². The van der Waals surface area contributed by atoms with Gasteiger partial charge in [0, 0.05) is 19.2 Å². The minimum absolute atomic E-state index is 0.0987. The van der Waals surface area contributed by atoms with Crippen LogP contribution in [0.2, 0.25) is 0 Å². The van der Waals surface area contributed by atoms with Crippen molar-refractivity contribution >= 4 is 11.6 Å². The number of hydrogen-bond acceptors (Lipinski definition) is 4. The maximum atomic E-state index is 13.1. The SMILES string of the molecule is COc1ccc(N[C@@H](C(=O)N2CCCC2)c2ccccc2)c(OC)c1. The van der Waals surface area contributed by atoms with E-state index < -0.39 is 6.04 Å². The highest BCUT2D eigenvalue weighted by atomic mass is 16.5. The van der Waals surface area contributed by atoms with E-state index in [1.54, 1.807) is 14.2 Å². The summed E-state index contributed by atoms with van der Waals surface area (Å²) in [5.74, 6) is 1.46. The molecule has 1 N–H and O–H groups in total. The summed E-state index contributed by atoms with van der Waals surface area (Å²) in [5, 5.41) is 3.37. The molecule has 1 heterocycles. The van der Waals surface area contributed by atoms with Crippen LogP contribution in [0.5, 0.6) is 11.5 Å². The lowest BCUT2D eigenvalue weighted by Crippen LogP contribution is -2.36. The van der Waals surface area contributed by atoms with Gasteiger partial charge in [-0.1, -0.05) is 30.3 Å². The molecule has 0 radical (unpaired) electrons. The van der Waals surface area contributed by atoms with Crippen LogP contribution in [0.4, 0.5) is 5.69 Å². The second-order valence-corrected chi connectivity index (χ2v) is 6.09. The molecular formula is C20H24N2O3. The monoisotopic (exact) mass is 340 g/mol. The van der Waals surface area contributed by atoms with E-state index in [2.05, 4.69) is 5.32 Å². The Hall–Kier alpha value is -2.69. The molecule has 1 fully saturated rings. The quantitative estimate of drug-likeness (QED) is 0.875. The number of benzene rings is 2. The van der Waals surface area contributed by atoms with Gasteiger partial charge < -0.3 is 19.7 Å². The number of likely N-dealkylation sites (tertiary alicyclic amines) is 1. The number of nitrogens with one attached hydrogen (secondary N) is 1. The molecule has 0 saturated carbocycles. The number of methoxy groups -OCH3 is 2. The first-order chi connectivity index (χ1) is 12.2. The summed E-state index contributed by atoms with van der Waals surface area (Å²) in [6.45, 7) is 1.65. The standard InChI is InChI=1S/C20H24N2O3/c1-24-16-10-11-17(18(14-16)25-2)21-19(15-8-4-3-5-9-15)20(23)22-12-6-7-13-22/h3-5,8-11,14,19,21H,6-7,12-13H2,1-2H3/t19-/m1/s1. The third-order valence-electron chi connectivity index (χ3n) is 4.51. The average molecular weight is 340 g/mol. The number of rotatable bonds is 6. The molecule has 5 nitrogen and oxygen atoms in total. The summed E-state index contributed by atoms with van der Waals surface area (Å²) >= 11 is 0. The van der Waals surface area contributed by atoms with Crippen molar-refractivity contribution in [2.45, 2.75) is 18.9 Å². The highest BCUT2D eigenvalue weighted by molar-refractivity contribution is 5.87. The van der Waals surface area contributed by atoms with Crippen LogP contribution in [0.3, 0.4) is 0 Å². The molecule has 0 bridgehead atoms. The molecule has 132 valence electrons. The van der Waals surface area contributed by atoms with Crippen LogP contribution in [0.15, 0.2) is 48.5 Å². The smallest absolute Gasteiger partial charge is 0.249 e. The molecule has 1 aliphatic rings. The van der Waals surface area contributed by atoms with Crippen molar-refractivity contribution in [3.05, 3.63) is 54.1 Å². The molecule has 3 rings (SSSR count). The van der Waals surface area contributed by atoms with E-state index >= 15 is 0 Å². The highest BCUT2D eigenvalue weighted by Gasteiger charge is 2.28. The first-order valence-electron chi connectivity index (χ1n) is 8.55. The summed E-state index contributed by atoms with van der Waals surface area (Å²) in [6.07, 6.45) is 2.14. The van der Waals surface area contributed by atoms with Crippen LogP contribution in [-0.4, -0.2) is 38.1 Å². The lowest BCUT2D eigenvalue weighted by atomic mass is 10.0. The summed E-state index contributed by atoms with van der Waals surface area (Å²) in [4.78, 5) is 15.0. The molecule has 0 aromatic heterocycles. The fourth-order valence-electron chi connectivity index (χ4n) is 3.13. The van der Waals surface area contributed by atoms with Gasteiger partial charge in [-0.15, -0.1) is 0 Å². The number of hydrogen-bond donors (Lipinski definition) is 1. The van der Waals surface area contributed by atoms with Crippen molar-refractivity contribution in [2.24, 2.45) is 0 Å². The van der Waals surface area contributed by atoms with Crippen LogP contribution < -0.4 is 14.8 Å². The molecule has 1 atom stereocenters. The van der Waals surface area contributed by atoms with Gasteiger partial charge >= 0.3 is 0 Å². The topological polar surface area (TPSA) is 50.8 Å². The van der Waals surface area contributed by atoms with Gasteiger partial charge in [0.1, 0.15) is 17.5 Å². The van der Waals surface area contributed by atoms with Crippen molar-refractivity contribution in [3.8, 4) is 11.5 Å². The number of anilines is 1. The number of ether oxygens (including phenoxy) is 2. The van der Waals surface area contributed by atoms with Crippen molar-refractivity contribution in [1.82, 2.24) is 4.90 Å². The fourth-order valence-corrected chi connectivity index (χ4v) is 3.13. The van der Waals surface area contributed by atoms with E-state index in [0.29, 0.717) is 11.5 Å². The number of nitrogens with zero attached hydrogens (tertiary/aromatic N) is 1. The highest BCUT2D eigenvalue weighted by Crippen LogP contribution is 2.33. The zero-order valence-corrected chi connectivity index (χ0v) is 14.7. The Kier molecular flexibility index (Phi) is 5.43. The van der Waals surface area contributed by atoms with Crippen LogP contribution in [-0.2, 0) is 4.79 Å². The van der Waals surface area contributed by atoms with Crippen molar-refractivity contribution in [1.29, 1.82) is 0 Å². The third-order valence-corrected chi connectivity index (χ3v) is 4.51. The molecule has 1 aliphatic heterocycles. The Bertz CT molecular complexity index is 712.